The molecule has 0 aromatic carbocycles. The lowest BCUT2D eigenvalue weighted by Crippen LogP contribution is -1.65. The highest BCUT2D eigenvalue weighted by Gasteiger charge is 1.93. The largest absolute Gasteiger partial charge is 0.192 e. The van der Waals surface area contributed by atoms with Gasteiger partial charge in [0, 0.05) is 10.9 Å². The second-order valence-electron chi connectivity index (χ2n) is 1.77. The zero-order valence-corrected chi connectivity index (χ0v) is 7.38. The minimum atomic E-state index is 0.553. The summed E-state index contributed by atoms with van der Waals surface area (Å²) in [5, 5.41) is 10.3. The van der Waals surface area contributed by atoms with Gasteiger partial charge in [0.15, 0.2) is 0 Å². The first-order valence-electron chi connectivity index (χ1n) is 2.95. The average Bonchev–Trinajstić information content (AvgIpc) is 2.48. The lowest BCUT2D eigenvalue weighted by Gasteiger charge is -1.73. The molecule has 54 valence electrons. The van der Waals surface area contributed by atoms with E-state index in [2.05, 4.69) is 30.5 Å². The molecule has 1 aromatic heterocycles. The zero-order chi connectivity index (χ0) is 8.10. The third-order valence-corrected chi connectivity index (χ3v) is 2.01. The van der Waals surface area contributed by atoms with Gasteiger partial charge in [-0.2, -0.15) is 17.9 Å². The van der Waals surface area contributed by atoms with Crippen LogP contribution in [-0.4, -0.2) is 5.75 Å². The minimum Gasteiger partial charge on any atom is -0.192 e. The zero-order valence-electron chi connectivity index (χ0n) is 5.66. The SMILES string of the molecule is N#Cc1cc(C#CCS)cs1. The van der Waals surface area contributed by atoms with Crippen molar-refractivity contribution in [3.63, 3.8) is 0 Å². The predicted molar refractivity (Wildman–Crippen MR) is 49.8 cm³/mol. The quantitative estimate of drug-likeness (QED) is 0.477. The van der Waals surface area contributed by atoms with Crippen LogP contribution in [0.2, 0.25) is 0 Å². The first-order valence-corrected chi connectivity index (χ1v) is 4.46. The first-order chi connectivity index (χ1) is 5.36. The second kappa shape index (κ2) is 4.08. The summed E-state index contributed by atoms with van der Waals surface area (Å²) in [5.41, 5.74) is 0.903. The van der Waals surface area contributed by atoms with E-state index in [4.69, 9.17) is 5.26 Å². The standard InChI is InChI=1S/C8H5NS2/c9-5-8-4-7(6-11-8)2-1-3-10/h4,6,10H,3H2. The summed E-state index contributed by atoms with van der Waals surface area (Å²) < 4.78 is 0. The lowest BCUT2D eigenvalue weighted by molar-refractivity contribution is 1.52. The molecule has 0 aliphatic heterocycles. The van der Waals surface area contributed by atoms with Gasteiger partial charge in [-0.25, -0.2) is 0 Å². The third kappa shape index (κ3) is 2.31. The van der Waals surface area contributed by atoms with Crippen molar-refractivity contribution >= 4 is 24.0 Å². The van der Waals surface area contributed by atoms with Gasteiger partial charge in [-0.15, -0.1) is 11.3 Å². The molecule has 0 spiro atoms. The molecule has 11 heavy (non-hydrogen) atoms. The molecular formula is C8H5NS2. The van der Waals surface area contributed by atoms with Gasteiger partial charge in [0.2, 0.25) is 0 Å². The molecule has 0 bridgehead atoms. The van der Waals surface area contributed by atoms with Crippen molar-refractivity contribution in [2.75, 3.05) is 5.75 Å². The van der Waals surface area contributed by atoms with Gasteiger partial charge in [-0.3, -0.25) is 0 Å². The topological polar surface area (TPSA) is 23.8 Å². The van der Waals surface area contributed by atoms with E-state index in [1.54, 1.807) is 6.07 Å². The molecule has 0 saturated carbocycles. The van der Waals surface area contributed by atoms with Crippen molar-refractivity contribution in [3.8, 4) is 17.9 Å². The summed E-state index contributed by atoms with van der Waals surface area (Å²) in [4.78, 5) is 0.702. The van der Waals surface area contributed by atoms with Crippen LogP contribution in [0.3, 0.4) is 0 Å². The van der Waals surface area contributed by atoms with Gasteiger partial charge < -0.3 is 0 Å². The maximum absolute atomic E-state index is 8.47. The van der Waals surface area contributed by atoms with E-state index in [1.165, 1.54) is 11.3 Å². The number of hydrogen-bond acceptors (Lipinski definition) is 3. The van der Waals surface area contributed by atoms with Gasteiger partial charge in [-0.05, 0) is 6.07 Å². The molecule has 0 saturated heterocycles. The molecule has 0 aliphatic rings. The molecule has 0 radical (unpaired) electrons. The van der Waals surface area contributed by atoms with Gasteiger partial charge in [0.1, 0.15) is 10.9 Å². The Bertz CT molecular complexity index is 335. The average molecular weight is 179 g/mol. The van der Waals surface area contributed by atoms with E-state index < -0.39 is 0 Å². The molecule has 0 fully saturated rings. The van der Waals surface area contributed by atoms with Crippen LogP contribution < -0.4 is 0 Å². The summed E-state index contributed by atoms with van der Waals surface area (Å²) >= 11 is 5.36. The van der Waals surface area contributed by atoms with Gasteiger partial charge >= 0.3 is 0 Å². The molecular weight excluding hydrogens is 174 g/mol. The van der Waals surface area contributed by atoms with Crippen molar-refractivity contribution in [1.29, 1.82) is 5.26 Å². The fourth-order valence-corrected chi connectivity index (χ4v) is 1.31. The molecule has 1 nitrogen and oxygen atoms in total. The van der Waals surface area contributed by atoms with Crippen LogP contribution in [0, 0.1) is 23.2 Å². The maximum atomic E-state index is 8.47. The summed E-state index contributed by atoms with van der Waals surface area (Å²) in [6.45, 7) is 0. The third-order valence-electron chi connectivity index (χ3n) is 1.02. The lowest BCUT2D eigenvalue weighted by atomic mass is 10.3. The molecule has 0 aliphatic carbocycles. The van der Waals surface area contributed by atoms with Gasteiger partial charge in [-0.1, -0.05) is 11.8 Å². The normalized spacial score (nSPS) is 8.00. The highest BCUT2D eigenvalue weighted by molar-refractivity contribution is 7.80. The molecule has 0 amide bonds. The second-order valence-corrected chi connectivity index (χ2v) is 3.00. The van der Waals surface area contributed by atoms with Crippen LogP contribution in [0.25, 0.3) is 0 Å². The summed E-state index contributed by atoms with van der Waals surface area (Å²) in [5.74, 6) is 6.25. The predicted octanol–water partition coefficient (Wildman–Crippen LogP) is 1.90. The van der Waals surface area contributed by atoms with Crippen LogP contribution in [0.15, 0.2) is 11.4 Å². The fourth-order valence-electron chi connectivity index (χ4n) is 0.602. The molecule has 1 aromatic rings. The summed E-state index contributed by atoms with van der Waals surface area (Å²) in [6, 6.07) is 3.83. The smallest absolute Gasteiger partial charge is 0.110 e. The van der Waals surface area contributed by atoms with Crippen molar-refractivity contribution in [2.45, 2.75) is 0 Å². The minimum absolute atomic E-state index is 0.553. The Morgan fingerprint density at radius 1 is 1.64 bits per heavy atom. The molecule has 1 heterocycles. The number of rotatable bonds is 0. The van der Waals surface area contributed by atoms with Gasteiger partial charge in [0.05, 0.1) is 5.75 Å². The van der Waals surface area contributed by atoms with E-state index >= 15 is 0 Å². The van der Waals surface area contributed by atoms with Crippen molar-refractivity contribution in [3.05, 3.63) is 21.9 Å². The highest BCUT2D eigenvalue weighted by atomic mass is 32.1. The molecule has 3 heteroatoms. The van der Waals surface area contributed by atoms with Crippen molar-refractivity contribution in [1.82, 2.24) is 0 Å². The Morgan fingerprint density at radius 3 is 3.00 bits per heavy atom. The Kier molecular flexibility index (Phi) is 3.04. The van der Waals surface area contributed by atoms with E-state index in [0.717, 1.165) is 5.56 Å². The Balaban J connectivity index is 2.83. The van der Waals surface area contributed by atoms with Crippen LogP contribution in [0.4, 0.5) is 0 Å². The number of nitrogens with zero attached hydrogens (tertiary/aromatic N) is 1. The Hall–Kier alpha value is -0.900. The van der Waals surface area contributed by atoms with E-state index in [9.17, 15) is 0 Å². The van der Waals surface area contributed by atoms with Crippen molar-refractivity contribution in [2.24, 2.45) is 0 Å². The summed E-state index contributed by atoms with van der Waals surface area (Å²) in [7, 11) is 0. The number of thiol groups is 1. The Labute approximate surface area is 75.1 Å². The number of hydrogen-bond donors (Lipinski definition) is 1. The van der Waals surface area contributed by atoms with Gasteiger partial charge in [0.25, 0.3) is 0 Å². The molecule has 0 N–H and O–H groups in total. The van der Waals surface area contributed by atoms with E-state index in [0.29, 0.717) is 10.6 Å². The van der Waals surface area contributed by atoms with E-state index in [-0.39, 0.29) is 0 Å². The van der Waals surface area contributed by atoms with Crippen LogP contribution in [0.5, 0.6) is 0 Å². The number of thiophene rings is 1. The summed E-state index contributed by atoms with van der Waals surface area (Å²) in [6.07, 6.45) is 0. The van der Waals surface area contributed by atoms with Crippen LogP contribution in [-0.2, 0) is 0 Å². The number of nitriles is 1. The van der Waals surface area contributed by atoms with E-state index in [1.807, 2.05) is 5.38 Å². The monoisotopic (exact) mass is 179 g/mol. The molecule has 0 unspecified atom stereocenters. The highest BCUT2D eigenvalue weighted by Crippen LogP contribution is 2.11. The van der Waals surface area contributed by atoms with Crippen molar-refractivity contribution < 1.29 is 0 Å². The molecule has 0 atom stereocenters. The molecule has 1 rings (SSSR count). The fraction of sp³-hybridized carbons (Fsp3) is 0.125. The first kappa shape index (κ1) is 8.20. The maximum Gasteiger partial charge on any atom is 0.110 e. The van der Waals surface area contributed by atoms with Crippen LogP contribution in [0.1, 0.15) is 10.4 Å². The Morgan fingerprint density at radius 2 is 2.45 bits per heavy atom. The van der Waals surface area contributed by atoms with Crippen LogP contribution >= 0.6 is 24.0 Å².